The lowest BCUT2D eigenvalue weighted by Gasteiger charge is -2.27. The van der Waals surface area contributed by atoms with Crippen LogP contribution in [-0.2, 0) is 13.0 Å². The summed E-state index contributed by atoms with van der Waals surface area (Å²) in [6, 6.07) is 16.5. The van der Waals surface area contributed by atoms with Crippen LogP contribution in [0.25, 0.3) is 11.5 Å². The van der Waals surface area contributed by atoms with Crippen molar-refractivity contribution in [3.8, 4) is 11.5 Å². The number of aromatic nitrogens is 2. The summed E-state index contributed by atoms with van der Waals surface area (Å²) in [5.41, 5.74) is 5.55. The number of hydrogen-bond donors (Lipinski definition) is 2. The molecule has 3 heterocycles. The first-order chi connectivity index (χ1) is 17.5. The van der Waals surface area contributed by atoms with E-state index in [1.165, 1.54) is 11.3 Å². The molecular weight excluding hydrogens is 454 g/mol. The minimum Gasteiger partial charge on any atom is -0.441 e. The number of oxazole rings is 1. The van der Waals surface area contributed by atoms with Crippen LogP contribution < -0.4 is 15.5 Å². The van der Waals surface area contributed by atoms with Gasteiger partial charge in [0.15, 0.2) is 0 Å². The van der Waals surface area contributed by atoms with Crippen molar-refractivity contribution in [3.05, 3.63) is 95.1 Å². The van der Waals surface area contributed by atoms with Gasteiger partial charge >= 0.3 is 0 Å². The summed E-state index contributed by atoms with van der Waals surface area (Å²) in [6.07, 6.45) is 5.22. The van der Waals surface area contributed by atoms with Crippen molar-refractivity contribution in [2.75, 3.05) is 23.8 Å². The molecule has 8 nitrogen and oxygen atoms in total. The molecule has 0 spiro atoms. The zero-order valence-electron chi connectivity index (χ0n) is 20.2. The number of pyridine rings is 1. The number of aryl methyl sites for hydroxylation is 2. The van der Waals surface area contributed by atoms with Gasteiger partial charge in [-0.15, -0.1) is 0 Å². The number of amides is 2. The number of hydrogen-bond acceptors (Lipinski definition) is 6. The molecule has 0 aliphatic carbocycles. The van der Waals surface area contributed by atoms with Crippen LogP contribution >= 0.6 is 0 Å². The number of benzene rings is 2. The van der Waals surface area contributed by atoms with E-state index in [1.807, 2.05) is 37.3 Å². The average molecular weight is 482 g/mol. The van der Waals surface area contributed by atoms with Gasteiger partial charge in [0.2, 0.25) is 5.89 Å². The largest absolute Gasteiger partial charge is 0.441 e. The Morgan fingerprint density at radius 2 is 1.86 bits per heavy atom. The van der Waals surface area contributed by atoms with Gasteiger partial charge in [0.25, 0.3) is 11.8 Å². The normalized spacial score (nSPS) is 12.7. The van der Waals surface area contributed by atoms with Gasteiger partial charge in [0, 0.05) is 54.1 Å². The lowest BCUT2D eigenvalue weighted by molar-refractivity contribution is 0.0949. The van der Waals surface area contributed by atoms with Crippen molar-refractivity contribution in [1.82, 2.24) is 15.3 Å². The van der Waals surface area contributed by atoms with Gasteiger partial charge in [-0.25, -0.2) is 4.98 Å². The van der Waals surface area contributed by atoms with Crippen molar-refractivity contribution in [1.29, 1.82) is 0 Å². The number of carbonyl (C=O) groups excluding carboxylic acids is 2. The predicted molar refractivity (Wildman–Crippen MR) is 138 cm³/mol. The molecule has 1 aliphatic rings. The van der Waals surface area contributed by atoms with E-state index < -0.39 is 0 Å². The minimum absolute atomic E-state index is 0.143. The van der Waals surface area contributed by atoms with Crippen LogP contribution in [0.5, 0.6) is 0 Å². The molecule has 4 aromatic rings. The smallest absolute Gasteiger partial charge is 0.255 e. The Bertz CT molecular complexity index is 1410. The van der Waals surface area contributed by atoms with Crippen LogP contribution in [0.2, 0.25) is 0 Å². The maximum Gasteiger partial charge on any atom is 0.255 e. The number of anilines is 2. The molecule has 0 unspecified atom stereocenters. The molecule has 36 heavy (non-hydrogen) atoms. The van der Waals surface area contributed by atoms with Gasteiger partial charge in [0.05, 0.1) is 6.54 Å². The summed E-state index contributed by atoms with van der Waals surface area (Å²) >= 11 is 0. The Morgan fingerprint density at radius 1 is 1.03 bits per heavy atom. The van der Waals surface area contributed by atoms with E-state index in [4.69, 9.17) is 4.42 Å². The number of nitrogens with zero attached hydrogens (tertiary/aromatic N) is 3. The second kappa shape index (κ2) is 10.0. The predicted octanol–water partition coefficient (Wildman–Crippen LogP) is 4.61. The van der Waals surface area contributed by atoms with Crippen LogP contribution in [0.15, 0.2) is 71.4 Å². The van der Waals surface area contributed by atoms with Crippen molar-refractivity contribution < 1.29 is 14.0 Å². The van der Waals surface area contributed by atoms with Crippen LogP contribution in [0.3, 0.4) is 0 Å². The Labute approximate surface area is 209 Å². The first kappa shape index (κ1) is 23.3. The highest BCUT2D eigenvalue weighted by molar-refractivity contribution is 6.04. The standard InChI is InChI=1S/C28H27N5O3/c1-18-24(17-30-26(34)21-8-9-25-20(15-21)6-4-14-33(25)2)32-28(36-18)22-5-3-7-23(16-22)31-27(35)19-10-12-29-13-11-19/h3,5,7-13,15-16H,4,6,14,17H2,1-2H3,(H,30,34)(H,31,35). The molecule has 1 aliphatic heterocycles. The maximum absolute atomic E-state index is 12.8. The fraction of sp³-hybridized carbons (Fsp3) is 0.214. The van der Waals surface area contributed by atoms with E-state index in [2.05, 4.69) is 32.5 Å². The van der Waals surface area contributed by atoms with E-state index in [0.29, 0.717) is 34.2 Å². The Morgan fingerprint density at radius 3 is 2.69 bits per heavy atom. The van der Waals surface area contributed by atoms with Crippen LogP contribution in [0.4, 0.5) is 11.4 Å². The van der Waals surface area contributed by atoms with Gasteiger partial charge in [-0.1, -0.05) is 6.07 Å². The SMILES string of the molecule is Cc1oc(-c2cccc(NC(=O)c3ccncc3)c2)nc1CNC(=O)c1ccc2c(c1)CCCN2C. The van der Waals surface area contributed by atoms with Gasteiger partial charge < -0.3 is 20.0 Å². The fourth-order valence-corrected chi connectivity index (χ4v) is 4.34. The van der Waals surface area contributed by atoms with Crippen LogP contribution in [-0.4, -0.2) is 35.4 Å². The van der Waals surface area contributed by atoms with Gasteiger partial charge in [-0.2, -0.15) is 0 Å². The maximum atomic E-state index is 12.8. The van der Waals surface area contributed by atoms with Gasteiger partial charge in [0.1, 0.15) is 11.5 Å². The third kappa shape index (κ3) is 4.98. The molecule has 0 fully saturated rings. The third-order valence-electron chi connectivity index (χ3n) is 6.31. The Kier molecular flexibility index (Phi) is 6.49. The lowest BCUT2D eigenvalue weighted by Crippen LogP contribution is -2.26. The number of fused-ring (bicyclic) bond motifs is 1. The molecule has 0 radical (unpaired) electrons. The molecule has 182 valence electrons. The quantitative estimate of drug-likeness (QED) is 0.417. The van der Waals surface area contributed by atoms with Crippen LogP contribution in [0.1, 0.15) is 44.2 Å². The van der Waals surface area contributed by atoms with Crippen molar-refractivity contribution in [2.45, 2.75) is 26.3 Å². The van der Waals surface area contributed by atoms with Crippen molar-refractivity contribution in [2.24, 2.45) is 0 Å². The van der Waals surface area contributed by atoms with E-state index >= 15 is 0 Å². The highest BCUT2D eigenvalue weighted by atomic mass is 16.4. The first-order valence-corrected chi connectivity index (χ1v) is 11.9. The summed E-state index contributed by atoms with van der Waals surface area (Å²) in [5, 5.41) is 5.83. The zero-order chi connectivity index (χ0) is 25.1. The molecule has 8 heteroatoms. The molecule has 2 aromatic carbocycles. The summed E-state index contributed by atoms with van der Waals surface area (Å²) in [5.74, 6) is 0.684. The first-order valence-electron chi connectivity index (χ1n) is 11.9. The van der Waals surface area contributed by atoms with E-state index in [0.717, 1.165) is 24.9 Å². The molecule has 5 rings (SSSR count). The van der Waals surface area contributed by atoms with Gasteiger partial charge in [-0.3, -0.25) is 14.6 Å². The van der Waals surface area contributed by atoms with E-state index in [9.17, 15) is 9.59 Å². The molecule has 0 saturated heterocycles. The van der Waals surface area contributed by atoms with Gasteiger partial charge in [-0.05, 0) is 73.9 Å². The average Bonchev–Trinajstić information content (AvgIpc) is 3.28. The summed E-state index contributed by atoms with van der Waals surface area (Å²) in [4.78, 5) is 36.0. The fourth-order valence-electron chi connectivity index (χ4n) is 4.34. The Balaban J connectivity index is 1.26. The van der Waals surface area contributed by atoms with E-state index in [1.54, 1.807) is 36.7 Å². The molecular formula is C28H27N5O3. The van der Waals surface area contributed by atoms with Crippen molar-refractivity contribution >= 4 is 23.2 Å². The molecule has 2 aromatic heterocycles. The van der Waals surface area contributed by atoms with Crippen LogP contribution in [0, 0.1) is 6.92 Å². The number of nitrogens with one attached hydrogen (secondary N) is 2. The second-order valence-corrected chi connectivity index (χ2v) is 8.84. The Hall–Kier alpha value is -4.46. The molecule has 0 bridgehead atoms. The summed E-state index contributed by atoms with van der Waals surface area (Å²) < 4.78 is 5.88. The molecule has 2 amide bonds. The van der Waals surface area contributed by atoms with E-state index in [-0.39, 0.29) is 18.4 Å². The number of rotatable bonds is 6. The highest BCUT2D eigenvalue weighted by Crippen LogP contribution is 2.27. The second-order valence-electron chi connectivity index (χ2n) is 8.84. The molecule has 0 atom stereocenters. The third-order valence-corrected chi connectivity index (χ3v) is 6.31. The zero-order valence-corrected chi connectivity index (χ0v) is 20.2. The molecule has 0 saturated carbocycles. The summed E-state index contributed by atoms with van der Waals surface area (Å²) in [7, 11) is 2.08. The summed E-state index contributed by atoms with van der Waals surface area (Å²) in [6.45, 7) is 3.11. The lowest BCUT2D eigenvalue weighted by atomic mass is 9.99. The number of carbonyl (C=O) groups is 2. The highest BCUT2D eigenvalue weighted by Gasteiger charge is 2.17. The minimum atomic E-state index is -0.227. The molecule has 2 N–H and O–H groups in total. The monoisotopic (exact) mass is 481 g/mol. The van der Waals surface area contributed by atoms with Crippen molar-refractivity contribution in [3.63, 3.8) is 0 Å². The topological polar surface area (TPSA) is 100 Å².